The Hall–Kier alpha value is -0.270. The van der Waals surface area contributed by atoms with Crippen molar-refractivity contribution in [3.8, 4) is 0 Å². The highest BCUT2D eigenvalue weighted by molar-refractivity contribution is 9.10. The second-order valence-electron chi connectivity index (χ2n) is 5.06. The lowest BCUT2D eigenvalue weighted by molar-refractivity contribution is 0.00950. The van der Waals surface area contributed by atoms with Crippen molar-refractivity contribution in [2.75, 3.05) is 20.2 Å². The summed E-state index contributed by atoms with van der Waals surface area (Å²) in [5.41, 5.74) is 5.87. The molecule has 0 bridgehead atoms. The molecule has 1 aliphatic rings. The van der Waals surface area contributed by atoms with Gasteiger partial charge in [-0.3, -0.25) is 4.90 Å². The Morgan fingerprint density at radius 1 is 1.43 bits per heavy atom. The fourth-order valence-electron chi connectivity index (χ4n) is 2.65. The van der Waals surface area contributed by atoms with Crippen LogP contribution < -0.4 is 5.73 Å². The van der Waals surface area contributed by atoms with Crippen molar-refractivity contribution in [1.82, 2.24) is 4.90 Å². The smallest absolute Gasteiger partial charge is 0.144 e. The summed E-state index contributed by atoms with van der Waals surface area (Å²) in [5, 5.41) is 0. The van der Waals surface area contributed by atoms with Gasteiger partial charge in [-0.05, 0) is 40.9 Å². The van der Waals surface area contributed by atoms with E-state index in [-0.39, 0.29) is 41.1 Å². The van der Waals surface area contributed by atoms with E-state index in [2.05, 4.69) is 15.9 Å². The fourth-order valence-corrected chi connectivity index (χ4v) is 3.02. The first-order chi connectivity index (χ1) is 9.56. The summed E-state index contributed by atoms with van der Waals surface area (Å²) in [4.78, 5) is 2.03. The van der Waals surface area contributed by atoms with Gasteiger partial charge in [0.2, 0.25) is 0 Å². The number of methoxy groups -OCH3 is 1. The average Bonchev–Trinajstić information content (AvgIpc) is 2.47. The Labute approximate surface area is 138 Å². The van der Waals surface area contributed by atoms with E-state index < -0.39 is 11.6 Å². The van der Waals surface area contributed by atoms with Gasteiger partial charge in [-0.15, -0.1) is 12.4 Å². The number of hydrogen-bond donors (Lipinski definition) is 1. The molecule has 7 heteroatoms. The molecule has 21 heavy (non-hydrogen) atoms. The van der Waals surface area contributed by atoms with Crippen LogP contribution in [-0.4, -0.2) is 37.2 Å². The summed E-state index contributed by atoms with van der Waals surface area (Å²) >= 11 is 3.09. The SMILES string of the molecule is COC1CCN(Cc2c(F)ccc(Br)c2F)C(CN)C1.Cl. The van der Waals surface area contributed by atoms with Gasteiger partial charge in [-0.1, -0.05) is 0 Å². The zero-order valence-electron chi connectivity index (χ0n) is 11.8. The summed E-state index contributed by atoms with van der Waals surface area (Å²) in [6.07, 6.45) is 1.83. The lowest BCUT2D eigenvalue weighted by Gasteiger charge is -2.38. The molecule has 1 aromatic rings. The van der Waals surface area contributed by atoms with Crippen LogP contribution in [0.25, 0.3) is 0 Å². The molecule has 2 unspecified atom stereocenters. The number of benzene rings is 1. The summed E-state index contributed by atoms with van der Waals surface area (Å²) < 4.78 is 33.5. The minimum atomic E-state index is -0.533. The van der Waals surface area contributed by atoms with Crippen LogP contribution in [0.2, 0.25) is 0 Å². The standard InChI is InChI=1S/C14H19BrF2N2O.ClH/c1-20-10-4-5-19(9(6-10)7-18)8-11-13(16)3-2-12(15)14(11)17;/h2-3,9-10H,4-8,18H2,1H3;1H. The molecule has 0 spiro atoms. The molecule has 3 nitrogen and oxygen atoms in total. The molecule has 0 saturated carbocycles. The maximum atomic E-state index is 14.0. The molecule has 1 heterocycles. The van der Waals surface area contributed by atoms with Crippen LogP contribution in [0.5, 0.6) is 0 Å². The van der Waals surface area contributed by atoms with Gasteiger partial charge in [0.25, 0.3) is 0 Å². The van der Waals surface area contributed by atoms with Crippen LogP contribution in [0, 0.1) is 11.6 Å². The molecule has 2 N–H and O–H groups in total. The average molecular weight is 386 g/mol. The Morgan fingerprint density at radius 2 is 2.14 bits per heavy atom. The highest BCUT2D eigenvalue weighted by Crippen LogP contribution is 2.26. The first-order valence-corrected chi connectivity index (χ1v) is 7.45. The van der Waals surface area contributed by atoms with E-state index in [1.54, 1.807) is 7.11 Å². The minimum absolute atomic E-state index is 0. The Morgan fingerprint density at radius 3 is 2.76 bits per heavy atom. The Bertz CT molecular complexity index is 479. The lowest BCUT2D eigenvalue weighted by atomic mass is 9.98. The van der Waals surface area contributed by atoms with Gasteiger partial charge in [0.15, 0.2) is 0 Å². The quantitative estimate of drug-likeness (QED) is 0.810. The van der Waals surface area contributed by atoms with E-state index in [9.17, 15) is 8.78 Å². The third-order valence-electron chi connectivity index (χ3n) is 3.90. The van der Waals surface area contributed by atoms with E-state index in [1.165, 1.54) is 12.1 Å². The maximum Gasteiger partial charge on any atom is 0.144 e. The minimum Gasteiger partial charge on any atom is -0.381 e. The molecular formula is C14H20BrClF2N2O. The third kappa shape index (κ3) is 4.36. The molecule has 0 aromatic heterocycles. The van der Waals surface area contributed by atoms with Gasteiger partial charge >= 0.3 is 0 Å². The second-order valence-corrected chi connectivity index (χ2v) is 5.92. The molecule has 0 aliphatic carbocycles. The molecule has 1 aromatic carbocycles. The van der Waals surface area contributed by atoms with Gasteiger partial charge < -0.3 is 10.5 Å². The topological polar surface area (TPSA) is 38.5 Å². The molecular weight excluding hydrogens is 366 g/mol. The predicted octanol–water partition coefficient (Wildman–Crippen LogP) is 3.09. The molecule has 1 aliphatic heterocycles. The van der Waals surface area contributed by atoms with Gasteiger partial charge in [0.05, 0.1) is 10.6 Å². The number of rotatable bonds is 4. The zero-order valence-corrected chi connectivity index (χ0v) is 14.2. The van der Waals surface area contributed by atoms with Gasteiger partial charge in [0.1, 0.15) is 11.6 Å². The number of ether oxygens (including phenoxy) is 1. The molecule has 2 rings (SSSR count). The van der Waals surface area contributed by atoms with Gasteiger partial charge in [0, 0.05) is 38.3 Å². The fraction of sp³-hybridized carbons (Fsp3) is 0.571. The summed E-state index contributed by atoms with van der Waals surface area (Å²) in [7, 11) is 1.68. The Balaban J connectivity index is 0.00000220. The van der Waals surface area contributed by atoms with E-state index >= 15 is 0 Å². The van der Waals surface area contributed by atoms with Gasteiger partial charge in [-0.2, -0.15) is 0 Å². The van der Waals surface area contributed by atoms with Crippen LogP contribution >= 0.6 is 28.3 Å². The first kappa shape index (κ1) is 18.8. The van der Waals surface area contributed by atoms with Crippen molar-refractivity contribution in [3.63, 3.8) is 0 Å². The van der Waals surface area contributed by atoms with Crippen LogP contribution in [-0.2, 0) is 11.3 Å². The van der Waals surface area contributed by atoms with Crippen molar-refractivity contribution in [3.05, 3.63) is 33.8 Å². The number of halogens is 4. The van der Waals surface area contributed by atoms with Crippen LogP contribution in [0.4, 0.5) is 8.78 Å². The highest BCUT2D eigenvalue weighted by atomic mass is 79.9. The summed E-state index contributed by atoms with van der Waals surface area (Å²) in [6, 6.07) is 2.75. The predicted molar refractivity (Wildman–Crippen MR) is 84.6 cm³/mol. The number of hydrogen-bond acceptors (Lipinski definition) is 3. The third-order valence-corrected chi connectivity index (χ3v) is 4.51. The number of likely N-dealkylation sites (tertiary alicyclic amines) is 1. The summed E-state index contributed by atoms with van der Waals surface area (Å²) in [6.45, 7) is 1.41. The zero-order chi connectivity index (χ0) is 14.7. The largest absolute Gasteiger partial charge is 0.381 e. The first-order valence-electron chi connectivity index (χ1n) is 6.66. The molecule has 1 saturated heterocycles. The molecule has 1 fully saturated rings. The number of nitrogens with zero attached hydrogens (tertiary/aromatic N) is 1. The van der Waals surface area contributed by atoms with Crippen LogP contribution in [0.1, 0.15) is 18.4 Å². The molecule has 120 valence electrons. The van der Waals surface area contributed by atoms with Crippen molar-refractivity contribution in [2.45, 2.75) is 31.5 Å². The number of piperidine rings is 1. The molecule has 0 amide bonds. The van der Waals surface area contributed by atoms with E-state index in [0.717, 1.165) is 19.4 Å². The van der Waals surface area contributed by atoms with Gasteiger partial charge in [-0.25, -0.2) is 8.78 Å². The molecule has 0 radical (unpaired) electrons. The monoisotopic (exact) mass is 384 g/mol. The van der Waals surface area contributed by atoms with Crippen molar-refractivity contribution in [2.24, 2.45) is 5.73 Å². The van der Waals surface area contributed by atoms with Crippen molar-refractivity contribution >= 4 is 28.3 Å². The van der Waals surface area contributed by atoms with E-state index in [0.29, 0.717) is 6.54 Å². The maximum absolute atomic E-state index is 14.0. The van der Waals surface area contributed by atoms with Crippen molar-refractivity contribution < 1.29 is 13.5 Å². The Kier molecular flexibility index (Phi) is 7.50. The van der Waals surface area contributed by atoms with Crippen LogP contribution in [0.15, 0.2) is 16.6 Å². The lowest BCUT2D eigenvalue weighted by Crippen LogP contribution is -2.48. The normalized spacial score (nSPS) is 22.9. The molecule has 2 atom stereocenters. The number of nitrogens with two attached hydrogens (primary N) is 1. The second kappa shape index (κ2) is 8.39. The van der Waals surface area contributed by atoms with Crippen LogP contribution in [0.3, 0.4) is 0 Å². The van der Waals surface area contributed by atoms with Crippen molar-refractivity contribution in [1.29, 1.82) is 0 Å². The van der Waals surface area contributed by atoms with E-state index in [4.69, 9.17) is 10.5 Å². The highest BCUT2D eigenvalue weighted by Gasteiger charge is 2.29. The van der Waals surface area contributed by atoms with E-state index in [1.807, 2.05) is 4.90 Å². The summed E-state index contributed by atoms with van der Waals surface area (Å²) in [5.74, 6) is -1.05.